The van der Waals surface area contributed by atoms with E-state index in [1.807, 2.05) is 0 Å². The van der Waals surface area contributed by atoms with E-state index in [-0.39, 0.29) is 22.8 Å². The Morgan fingerprint density at radius 1 is 1.67 bits per heavy atom. The van der Waals surface area contributed by atoms with Gasteiger partial charge in [-0.15, -0.1) is 11.6 Å². The molecule has 0 aliphatic carbocycles. The molecule has 0 saturated heterocycles. The normalized spacial score (nSPS) is 14.1. The molecule has 0 saturated carbocycles. The predicted molar refractivity (Wildman–Crippen MR) is 47.5 cm³/mol. The first kappa shape index (κ1) is 12.3. The van der Waals surface area contributed by atoms with Crippen LogP contribution in [0.5, 0.6) is 0 Å². The van der Waals surface area contributed by atoms with Gasteiger partial charge < -0.3 is 4.74 Å². The summed E-state index contributed by atoms with van der Waals surface area (Å²) in [4.78, 5) is 0. The lowest BCUT2D eigenvalue weighted by atomic mass is 10.8. The molecule has 0 radical (unpaired) electrons. The minimum absolute atomic E-state index is 0.185. The van der Waals surface area contributed by atoms with E-state index in [0.717, 1.165) is 0 Å². The van der Waals surface area contributed by atoms with Crippen molar-refractivity contribution in [3.63, 3.8) is 0 Å². The van der Waals surface area contributed by atoms with Crippen molar-refractivity contribution in [2.24, 2.45) is 0 Å². The molecule has 0 N–H and O–H groups in total. The topological polar surface area (TPSA) is 9.23 Å². The molecule has 0 bridgehead atoms. The van der Waals surface area contributed by atoms with Crippen LogP contribution in [0.4, 0.5) is 13.2 Å². The van der Waals surface area contributed by atoms with Crippen LogP contribution >= 0.6 is 35.6 Å². The standard InChI is InChI=1S/C5H6ClF3OS2/c1-2-10-4(11)12-3(6)5(7,8)9/h3H,2H2,1H3. The van der Waals surface area contributed by atoms with Gasteiger partial charge in [0.15, 0.2) is 4.71 Å². The summed E-state index contributed by atoms with van der Waals surface area (Å²) >= 11 is 9.69. The molecule has 1 unspecified atom stereocenters. The smallest absolute Gasteiger partial charge is 0.414 e. The molecule has 0 spiro atoms. The Balaban J connectivity index is 3.84. The average Bonchev–Trinajstić information content (AvgIpc) is 1.85. The Bertz CT molecular complexity index is 161. The van der Waals surface area contributed by atoms with Gasteiger partial charge >= 0.3 is 6.18 Å². The Labute approximate surface area is 82.6 Å². The van der Waals surface area contributed by atoms with Gasteiger partial charge in [0.2, 0.25) is 4.38 Å². The fourth-order valence-corrected chi connectivity index (χ4v) is 1.60. The molecular formula is C5H6ClF3OS2. The lowest BCUT2D eigenvalue weighted by molar-refractivity contribution is -0.113. The van der Waals surface area contributed by atoms with E-state index < -0.39 is 10.9 Å². The van der Waals surface area contributed by atoms with Crippen LogP contribution in [-0.4, -0.2) is 21.9 Å². The Kier molecular flexibility index (Phi) is 5.27. The van der Waals surface area contributed by atoms with Crippen LogP contribution in [0.3, 0.4) is 0 Å². The maximum Gasteiger partial charge on any atom is 0.414 e. The minimum atomic E-state index is -4.45. The fraction of sp³-hybridized carbons (Fsp3) is 0.800. The molecule has 0 aromatic heterocycles. The second kappa shape index (κ2) is 5.14. The van der Waals surface area contributed by atoms with E-state index in [4.69, 9.17) is 11.6 Å². The molecule has 7 heteroatoms. The van der Waals surface area contributed by atoms with Crippen LogP contribution in [0.1, 0.15) is 6.92 Å². The molecule has 0 aromatic carbocycles. The quantitative estimate of drug-likeness (QED) is 0.540. The van der Waals surface area contributed by atoms with Gasteiger partial charge in [-0.05, 0) is 30.9 Å². The molecule has 0 rings (SSSR count). The van der Waals surface area contributed by atoms with Crippen molar-refractivity contribution in [1.82, 2.24) is 0 Å². The largest absolute Gasteiger partial charge is 0.479 e. The van der Waals surface area contributed by atoms with Gasteiger partial charge in [0, 0.05) is 0 Å². The summed E-state index contributed by atoms with van der Waals surface area (Å²) in [7, 11) is 0. The Hall–Kier alpha value is 0.320. The van der Waals surface area contributed by atoms with Crippen LogP contribution in [0, 0.1) is 0 Å². The second-order valence-electron chi connectivity index (χ2n) is 1.66. The summed E-state index contributed by atoms with van der Waals surface area (Å²) in [5.74, 6) is 0. The molecular weight excluding hydrogens is 233 g/mol. The van der Waals surface area contributed by atoms with Crippen molar-refractivity contribution in [1.29, 1.82) is 0 Å². The number of thioether (sulfide) groups is 1. The number of alkyl halides is 4. The van der Waals surface area contributed by atoms with Crippen LogP contribution in [0.25, 0.3) is 0 Å². The van der Waals surface area contributed by atoms with Crippen molar-refractivity contribution in [2.75, 3.05) is 6.61 Å². The number of hydrogen-bond donors (Lipinski definition) is 0. The van der Waals surface area contributed by atoms with E-state index >= 15 is 0 Å². The molecule has 72 valence electrons. The van der Waals surface area contributed by atoms with Crippen molar-refractivity contribution < 1.29 is 17.9 Å². The van der Waals surface area contributed by atoms with E-state index in [9.17, 15) is 13.2 Å². The summed E-state index contributed by atoms with van der Waals surface area (Å²) in [6.07, 6.45) is -4.45. The average molecular weight is 239 g/mol. The zero-order valence-electron chi connectivity index (χ0n) is 6.02. The summed E-state index contributed by atoms with van der Waals surface area (Å²) in [6.45, 7) is 1.87. The predicted octanol–water partition coefficient (Wildman–Crippen LogP) is 3.17. The van der Waals surface area contributed by atoms with E-state index in [1.54, 1.807) is 6.92 Å². The molecule has 12 heavy (non-hydrogen) atoms. The van der Waals surface area contributed by atoms with Gasteiger partial charge in [-0.1, -0.05) is 0 Å². The third-order valence-corrected chi connectivity index (χ3v) is 2.42. The van der Waals surface area contributed by atoms with Gasteiger partial charge in [0.05, 0.1) is 6.61 Å². The molecule has 1 nitrogen and oxygen atoms in total. The van der Waals surface area contributed by atoms with Crippen molar-refractivity contribution in [3.8, 4) is 0 Å². The molecule has 0 aliphatic rings. The van der Waals surface area contributed by atoms with E-state index in [0.29, 0.717) is 0 Å². The minimum Gasteiger partial charge on any atom is -0.479 e. The Morgan fingerprint density at radius 2 is 2.17 bits per heavy atom. The second-order valence-corrected chi connectivity index (χ2v) is 4.06. The zero-order valence-corrected chi connectivity index (χ0v) is 8.41. The van der Waals surface area contributed by atoms with Crippen LogP contribution < -0.4 is 0 Å². The first-order valence-corrected chi connectivity index (χ1v) is 4.64. The van der Waals surface area contributed by atoms with E-state index in [2.05, 4.69) is 17.0 Å². The SMILES string of the molecule is CCOC(=S)SC(Cl)C(F)(F)F. The highest BCUT2D eigenvalue weighted by atomic mass is 35.5. The number of ether oxygens (including phenoxy) is 1. The zero-order chi connectivity index (χ0) is 9.78. The summed E-state index contributed by atoms with van der Waals surface area (Å²) < 4.78 is 37.7. The third kappa shape index (κ3) is 5.05. The van der Waals surface area contributed by atoms with Crippen LogP contribution in [-0.2, 0) is 4.74 Å². The van der Waals surface area contributed by atoms with Gasteiger partial charge in [-0.25, -0.2) is 0 Å². The van der Waals surface area contributed by atoms with Crippen LogP contribution in [0.15, 0.2) is 0 Å². The molecule has 0 fully saturated rings. The number of halogens is 4. The highest BCUT2D eigenvalue weighted by Gasteiger charge is 2.39. The lowest BCUT2D eigenvalue weighted by Gasteiger charge is -2.12. The molecule has 0 aliphatic heterocycles. The first-order chi connectivity index (χ1) is 5.38. The number of rotatable bonds is 2. The molecule has 0 amide bonds. The van der Waals surface area contributed by atoms with Gasteiger partial charge in [0.25, 0.3) is 0 Å². The summed E-state index contributed by atoms with van der Waals surface area (Å²) in [5, 5.41) is 0. The third-order valence-electron chi connectivity index (χ3n) is 0.719. The van der Waals surface area contributed by atoms with Gasteiger partial charge in [0.1, 0.15) is 0 Å². The number of hydrogen-bond acceptors (Lipinski definition) is 3. The summed E-state index contributed by atoms with van der Waals surface area (Å²) in [6, 6.07) is 0. The van der Waals surface area contributed by atoms with Gasteiger partial charge in [-0.3, -0.25) is 0 Å². The number of thiocarbonyl (C=S) groups is 1. The summed E-state index contributed by atoms with van der Waals surface area (Å²) in [5.41, 5.74) is 0. The first-order valence-electron chi connectivity index (χ1n) is 2.92. The highest BCUT2D eigenvalue weighted by Crippen LogP contribution is 2.34. The maximum atomic E-state index is 11.8. The van der Waals surface area contributed by atoms with Crippen molar-refractivity contribution in [2.45, 2.75) is 17.8 Å². The fourth-order valence-electron chi connectivity index (χ4n) is 0.303. The van der Waals surface area contributed by atoms with Crippen LogP contribution in [0.2, 0.25) is 0 Å². The Morgan fingerprint density at radius 3 is 2.50 bits per heavy atom. The van der Waals surface area contributed by atoms with Crippen molar-refractivity contribution >= 4 is 40.0 Å². The highest BCUT2D eigenvalue weighted by molar-refractivity contribution is 8.23. The molecule has 0 heterocycles. The lowest BCUT2D eigenvalue weighted by Crippen LogP contribution is -2.21. The van der Waals surface area contributed by atoms with E-state index in [1.165, 1.54) is 0 Å². The monoisotopic (exact) mass is 238 g/mol. The van der Waals surface area contributed by atoms with Gasteiger partial charge in [-0.2, -0.15) is 13.2 Å². The van der Waals surface area contributed by atoms with Crippen molar-refractivity contribution in [3.05, 3.63) is 0 Å². The molecule has 0 aromatic rings. The maximum absolute atomic E-state index is 11.8. The molecule has 1 atom stereocenters.